The number of ether oxygens (including phenoxy) is 3. The summed E-state index contributed by atoms with van der Waals surface area (Å²) in [5.41, 5.74) is 2.08. The van der Waals surface area contributed by atoms with Gasteiger partial charge in [0.15, 0.2) is 0 Å². The van der Waals surface area contributed by atoms with Gasteiger partial charge in [-0.25, -0.2) is 4.39 Å². The van der Waals surface area contributed by atoms with Crippen LogP contribution in [0.2, 0.25) is 0 Å². The molecule has 0 radical (unpaired) electrons. The van der Waals surface area contributed by atoms with Crippen LogP contribution in [0.1, 0.15) is 41.4 Å². The van der Waals surface area contributed by atoms with E-state index >= 15 is 0 Å². The first-order valence-corrected chi connectivity index (χ1v) is 11.4. The topological polar surface area (TPSA) is 48.0 Å². The van der Waals surface area contributed by atoms with Crippen LogP contribution < -0.4 is 14.2 Å². The summed E-state index contributed by atoms with van der Waals surface area (Å²) in [4.78, 5) is 15.0. The SMILES string of the molecule is CC(C)Oc1ccc2c(c1)CCN(C(=O)c1cccc(F)c1)C2COc1ccc(OC(F)(F)F)cc1. The van der Waals surface area contributed by atoms with Crippen molar-refractivity contribution in [1.82, 2.24) is 4.90 Å². The minimum atomic E-state index is -4.79. The minimum Gasteiger partial charge on any atom is -0.491 e. The van der Waals surface area contributed by atoms with Crippen LogP contribution in [-0.2, 0) is 6.42 Å². The van der Waals surface area contributed by atoms with Crippen LogP contribution >= 0.6 is 0 Å². The molecule has 1 aliphatic rings. The molecule has 1 amide bonds. The van der Waals surface area contributed by atoms with Crippen molar-refractivity contribution in [3.05, 3.63) is 89.2 Å². The summed E-state index contributed by atoms with van der Waals surface area (Å²) in [6, 6.07) is 15.7. The summed E-state index contributed by atoms with van der Waals surface area (Å²) in [5.74, 6) is -0.186. The van der Waals surface area contributed by atoms with E-state index in [9.17, 15) is 22.4 Å². The molecule has 190 valence electrons. The average Bonchev–Trinajstić information content (AvgIpc) is 2.81. The maximum Gasteiger partial charge on any atom is 0.573 e. The zero-order valence-electron chi connectivity index (χ0n) is 19.7. The molecular weight excluding hydrogens is 478 g/mol. The van der Waals surface area contributed by atoms with Gasteiger partial charge in [-0.3, -0.25) is 4.79 Å². The predicted molar refractivity (Wildman–Crippen MR) is 125 cm³/mol. The van der Waals surface area contributed by atoms with Gasteiger partial charge in [0.1, 0.15) is 29.7 Å². The Hall–Kier alpha value is -3.75. The van der Waals surface area contributed by atoms with Gasteiger partial charge in [0.05, 0.1) is 12.1 Å². The highest BCUT2D eigenvalue weighted by atomic mass is 19.4. The average molecular weight is 503 g/mol. The first kappa shape index (κ1) is 25.3. The largest absolute Gasteiger partial charge is 0.573 e. The molecule has 4 rings (SSSR count). The summed E-state index contributed by atoms with van der Waals surface area (Å²) in [7, 11) is 0. The molecule has 3 aromatic rings. The Bertz CT molecular complexity index is 1210. The van der Waals surface area contributed by atoms with Gasteiger partial charge in [-0.05, 0) is 86.0 Å². The number of halogens is 4. The number of benzene rings is 3. The molecule has 5 nitrogen and oxygen atoms in total. The van der Waals surface area contributed by atoms with Crippen LogP contribution in [0.4, 0.5) is 17.6 Å². The molecule has 0 bridgehead atoms. The zero-order valence-corrected chi connectivity index (χ0v) is 19.7. The molecule has 3 aromatic carbocycles. The van der Waals surface area contributed by atoms with Gasteiger partial charge in [0.2, 0.25) is 0 Å². The van der Waals surface area contributed by atoms with Crippen molar-refractivity contribution in [3.63, 3.8) is 0 Å². The molecule has 9 heteroatoms. The second-order valence-electron chi connectivity index (χ2n) is 8.63. The molecule has 1 heterocycles. The molecule has 0 saturated carbocycles. The highest BCUT2D eigenvalue weighted by Crippen LogP contribution is 2.34. The molecule has 1 unspecified atom stereocenters. The fourth-order valence-electron chi connectivity index (χ4n) is 4.16. The highest BCUT2D eigenvalue weighted by Gasteiger charge is 2.33. The monoisotopic (exact) mass is 503 g/mol. The zero-order chi connectivity index (χ0) is 25.9. The van der Waals surface area contributed by atoms with Crippen molar-refractivity contribution in [2.45, 2.75) is 38.8 Å². The number of alkyl halides is 3. The maximum absolute atomic E-state index is 13.8. The van der Waals surface area contributed by atoms with Gasteiger partial charge in [-0.15, -0.1) is 13.2 Å². The maximum atomic E-state index is 13.8. The molecule has 0 N–H and O–H groups in total. The van der Waals surface area contributed by atoms with Gasteiger partial charge in [0.25, 0.3) is 5.91 Å². The molecule has 0 aromatic heterocycles. The fraction of sp³-hybridized carbons (Fsp3) is 0.296. The Morgan fingerprint density at radius 3 is 2.36 bits per heavy atom. The quantitative estimate of drug-likeness (QED) is 0.354. The van der Waals surface area contributed by atoms with Gasteiger partial charge in [-0.2, -0.15) is 0 Å². The van der Waals surface area contributed by atoms with E-state index in [-0.39, 0.29) is 29.9 Å². The number of nitrogens with zero attached hydrogens (tertiary/aromatic N) is 1. The first-order valence-electron chi connectivity index (χ1n) is 11.4. The number of rotatable bonds is 7. The van der Waals surface area contributed by atoms with E-state index in [0.717, 1.165) is 23.3 Å². The summed E-state index contributed by atoms with van der Waals surface area (Å²) >= 11 is 0. The van der Waals surface area contributed by atoms with Gasteiger partial charge in [-0.1, -0.05) is 12.1 Å². The predicted octanol–water partition coefficient (Wildman–Crippen LogP) is 6.33. The summed E-state index contributed by atoms with van der Waals surface area (Å²) in [6.07, 6.45) is -4.21. The molecule has 1 atom stereocenters. The van der Waals surface area contributed by atoms with E-state index in [1.165, 1.54) is 30.3 Å². The van der Waals surface area contributed by atoms with Crippen molar-refractivity contribution in [1.29, 1.82) is 0 Å². The summed E-state index contributed by atoms with van der Waals surface area (Å²) < 4.78 is 66.7. The molecule has 0 spiro atoms. The van der Waals surface area contributed by atoms with Crippen molar-refractivity contribution in [3.8, 4) is 17.2 Å². The third-order valence-corrected chi connectivity index (χ3v) is 5.64. The highest BCUT2D eigenvalue weighted by molar-refractivity contribution is 5.94. The van der Waals surface area contributed by atoms with E-state index in [0.29, 0.717) is 24.5 Å². The Kier molecular flexibility index (Phi) is 7.37. The first-order chi connectivity index (χ1) is 17.1. The Morgan fingerprint density at radius 1 is 1.00 bits per heavy atom. The van der Waals surface area contributed by atoms with Crippen LogP contribution in [0.5, 0.6) is 17.2 Å². The lowest BCUT2D eigenvalue weighted by Crippen LogP contribution is -2.42. The van der Waals surface area contributed by atoms with Crippen LogP contribution in [0, 0.1) is 5.82 Å². The number of hydrogen-bond acceptors (Lipinski definition) is 4. The van der Waals surface area contributed by atoms with Crippen LogP contribution in [0.25, 0.3) is 0 Å². The lowest BCUT2D eigenvalue weighted by atomic mass is 9.92. The Balaban J connectivity index is 1.59. The molecule has 0 saturated heterocycles. The standard InChI is InChI=1S/C27H25F4NO4/c1-17(2)35-23-10-11-24-18(15-23)12-13-32(26(33)19-4-3-5-20(28)14-19)25(24)16-34-21-6-8-22(9-7-21)36-27(29,30)31/h3-11,14-15,17,25H,12-13,16H2,1-2H3. The van der Waals surface area contributed by atoms with Crippen molar-refractivity contribution >= 4 is 5.91 Å². The Labute approximate surface area is 206 Å². The third-order valence-electron chi connectivity index (χ3n) is 5.64. The van der Waals surface area contributed by atoms with E-state index < -0.39 is 18.2 Å². The van der Waals surface area contributed by atoms with Crippen LogP contribution in [0.15, 0.2) is 66.7 Å². The summed E-state index contributed by atoms with van der Waals surface area (Å²) in [6.45, 7) is 4.28. The van der Waals surface area contributed by atoms with E-state index in [2.05, 4.69) is 4.74 Å². The molecule has 36 heavy (non-hydrogen) atoms. The number of amides is 1. The van der Waals surface area contributed by atoms with Gasteiger partial charge in [0, 0.05) is 12.1 Å². The number of fused-ring (bicyclic) bond motifs is 1. The molecule has 0 fully saturated rings. The normalized spacial score (nSPS) is 15.4. The molecule has 0 aliphatic carbocycles. The number of carbonyl (C=O) groups is 1. The second kappa shape index (κ2) is 10.5. The fourth-order valence-corrected chi connectivity index (χ4v) is 4.16. The Morgan fingerprint density at radius 2 is 1.69 bits per heavy atom. The lowest BCUT2D eigenvalue weighted by molar-refractivity contribution is -0.274. The smallest absolute Gasteiger partial charge is 0.491 e. The van der Waals surface area contributed by atoms with E-state index in [1.807, 2.05) is 32.0 Å². The van der Waals surface area contributed by atoms with Crippen LogP contribution in [-0.4, -0.2) is 36.4 Å². The summed E-state index contributed by atoms with van der Waals surface area (Å²) in [5, 5.41) is 0. The minimum absolute atomic E-state index is 0.00104. The van der Waals surface area contributed by atoms with Crippen molar-refractivity contribution in [2.24, 2.45) is 0 Å². The van der Waals surface area contributed by atoms with Crippen molar-refractivity contribution in [2.75, 3.05) is 13.2 Å². The molecule has 1 aliphatic heterocycles. The van der Waals surface area contributed by atoms with E-state index in [1.54, 1.807) is 11.0 Å². The number of carbonyl (C=O) groups excluding carboxylic acids is 1. The third kappa shape index (κ3) is 6.27. The molecular formula is C27H25F4NO4. The van der Waals surface area contributed by atoms with Gasteiger partial charge < -0.3 is 19.1 Å². The van der Waals surface area contributed by atoms with Gasteiger partial charge >= 0.3 is 6.36 Å². The number of hydrogen-bond donors (Lipinski definition) is 0. The second-order valence-corrected chi connectivity index (χ2v) is 8.63. The van der Waals surface area contributed by atoms with E-state index in [4.69, 9.17) is 9.47 Å². The lowest BCUT2D eigenvalue weighted by Gasteiger charge is -2.37. The van der Waals surface area contributed by atoms with Crippen LogP contribution in [0.3, 0.4) is 0 Å². The van der Waals surface area contributed by atoms with Crippen molar-refractivity contribution < 1.29 is 36.6 Å².